The Morgan fingerprint density at radius 1 is 1.03 bits per heavy atom. The molecular formula is C23H31N3O3. The largest absolute Gasteiger partial charge is 0.493 e. The van der Waals surface area contributed by atoms with Crippen molar-refractivity contribution >= 4 is 5.96 Å². The van der Waals surface area contributed by atoms with Gasteiger partial charge >= 0.3 is 0 Å². The van der Waals surface area contributed by atoms with Crippen LogP contribution in [0.2, 0.25) is 0 Å². The molecule has 0 atom stereocenters. The van der Waals surface area contributed by atoms with Crippen molar-refractivity contribution in [3.63, 3.8) is 0 Å². The van der Waals surface area contributed by atoms with E-state index in [4.69, 9.17) is 14.2 Å². The molecule has 29 heavy (non-hydrogen) atoms. The van der Waals surface area contributed by atoms with Gasteiger partial charge in [-0.25, -0.2) is 0 Å². The number of hydrogen-bond acceptors (Lipinski definition) is 4. The van der Waals surface area contributed by atoms with Gasteiger partial charge in [0, 0.05) is 45.8 Å². The van der Waals surface area contributed by atoms with Crippen molar-refractivity contribution in [3.8, 4) is 11.5 Å². The lowest BCUT2D eigenvalue weighted by molar-refractivity contribution is 0.172. The fraction of sp³-hybridized carbons (Fsp3) is 0.348. The Morgan fingerprint density at radius 3 is 2.66 bits per heavy atom. The number of hydrogen-bond donors (Lipinski definition) is 2. The maximum atomic E-state index is 5.76. The van der Waals surface area contributed by atoms with Crippen molar-refractivity contribution in [2.75, 3.05) is 34.0 Å². The van der Waals surface area contributed by atoms with E-state index in [-0.39, 0.29) is 0 Å². The number of para-hydroxylation sites is 1. The molecule has 0 aliphatic rings. The molecule has 6 nitrogen and oxygen atoms in total. The van der Waals surface area contributed by atoms with Crippen LogP contribution in [0.5, 0.6) is 11.5 Å². The minimum absolute atomic E-state index is 0.480. The molecule has 0 fully saturated rings. The van der Waals surface area contributed by atoms with E-state index in [0.717, 1.165) is 35.0 Å². The molecule has 0 aliphatic heterocycles. The zero-order valence-electron chi connectivity index (χ0n) is 17.3. The first-order valence-electron chi connectivity index (χ1n) is 9.73. The van der Waals surface area contributed by atoms with E-state index in [1.807, 2.05) is 42.5 Å². The molecule has 0 spiro atoms. The van der Waals surface area contributed by atoms with Gasteiger partial charge in [0.1, 0.15) is 18.1 Å². The Balaban J connectivity index is 1.84. The molecule has 156 valence electrons. The van der Waals surface area contributed by atoms with E-state index in [0.29, 0.717) is 32.9 Å². The molecule has 0 saturated carbocycles. The molecule has 0 heterocycles. The van der Waals surface area contributed by atoms with E-state index in [1.54, 1.807) is 20.2 Å². The molecule has 0 bridgehead atoms. The molecule has 0 saturated heterocycles. The van der Waals surface area contributed by atoms with Crippen molar-refractivity contribution in [1.82, 2.24) is 10.6 Å². The van der Waals surface area contributed by atoms with Crippen LogP contribution in [0.15, 0.2) is 66.2 Å². The second-order valence-corrected chi connectivity index (χ2v) is 6.33. The summed E-state index contributed by atoms with van der Waals surface area (Å²) in [5, 5.41) is 6.65. The van der Waals surface area contributed by atoms with Crippen LogP contribution in [0.4, 0.5) is 0 Å². The highest BCUT2D eigenvalue weighted by Crippen LogP contribution is 2.17. The maximum absolute atomic E-state index is 5.76. The van der Waals surface area contributed by atoms with Gasteiger partial charge in [0.25, 0.3) is 0 Å². The van der Waals surface area contributed by atoms with Crippen molar-refractivity contribution in [2.45, 2.75) is 19.5 Å². The molecule has 0 aromatic heterocycles. The SMILES string of the molecule is C=CCOc1ccccc1CNC(=NC)NCc1cccc(OCCCOC)c1. The Bertz CT molecular complexity index is 777. The van der Waals surface area contributed by atoms with Crippen LogP contribution in [0.1, 0.15) is 17.5 Å². The lowest BCUT2D eigenvalue weighted by Crippen LogP contribution is -2.36. The zero-order chi connectivity index (χ0) is 20.7. The zero-order valence-corrected chi connectivity index (χ0v) is 17.3. The van der Waals surface area contributed by atoms with Crippen LogP contribution in [-0.2, 0) is 17.8 Å². The fourth-order valence-corrected chi connectivity index (χ4v) is 2.66. The first-order valence-corrected chi connectivity index (χ1v) is 9.73. The predicted octanol–water partition coefficient (Wildman–Crippen LogP) is 3.53. The third-order valence-corrected chi connectivity index (χ3v) is 4.12. The summed E-state index contributed by atoms with van der Waals surface area (Å²) in [6, 6.07) is 16.0. The smallest absolute Gasteiger partial charge is 0.191 e. The maximum Gasteiger partial charge on any atom is 0.191 e. The van der Waals surface area contributed by atoms with Gasteiger partial charge in [0.15, 0.2) is 5.96 Å². The molecular weight excluding hydrogens is 366 g/mol. The van der Waals surface area contributed by atoms with Gasteiger partial charge < -0.3 is 24.8 Å². The van der Waals surface area contributed by atoms with Crippen LogP contribution in [0, 0.1) is 0 Å². The van der Waals surface area contributed by atoms with E-state index in [1.165, 1.54) is 0 Å². The highest BCUT2D eigenvalue weighted by Gasteiger charge is 2.05. The first-order chi connectivity index (χ1) is 14.3. The number of rotatable bonds is 12. The van der Waals surface area contributed by atoms with Crippen molar-refractivity contribution in [2.24, 2.45) is 4.99 Å². The monoisotopic (exact) mass is 397 g/mol. The minimum Gasteiger partial charge on any atom is -0.493 e. The Kier molecular flexibility index (Phi) is 10.2. The fourth-order valence-electron chi connectivity index (χ4n) is 2.66. The van der Waals surface area contributed by atoms with Crippen LogP contribution in [0.25, 0.3) is 0 Å². The number of guanidine groups is 1. The highest BCUT2D eigenvalue weighted by molar-refractivity contribution is 5.79. The van der Waals surface area contributed by atoms with Gasteiger partial charge in [-0.1, -0.05) is 43.0 Å². The van der Waals surface area contributed by atoms with Crippen molar-refractivity contribution in [1.29, 1.82) is 0 Å². The number of nitrogens with one attached hydrogen (secondary N) is 2. The Labute approximate surface area is 173 Å². The normalized spacial score (nSPS) is 11.0. The van der Waals surface area contributed by atoms with Gasteiger partial charge in [0.2, 0.25) is 0 Å². The average molecular weight is 398 g/mol. The minimum atomic E-state index is 0.480. The molecule has 0 amide bonds. The van der Waals surface area contributed by atoms with Crippen LogP contribution in [-0.4, -0.2) is 39.9 Å². The standard InChI is InChI=1S/C23H31N3O3/c1-4-13-29-22-12-6-5-10-20(22)18-26-23(24-2)25-17-19-9-7-11-21(16-19)28-15-8-14-27-3/h4-7,9-12,16H,1,8,13-15,17-18H2,2-3H3,(H2,24,25,26). The number of methoxy groups -OCH3 is 1. The summed E-state index contributed by atoms with van der Waals surface area (Å²) in [4.78, 5) is 4.29. The topological polar surface area (TPSA) is 64.1 Å². The quantitative estimate of drug-likeness (QED) is 0.248. The number of benzene rings is 2. The number of nitrogens with zero attached hydrogens (tertiary/aromatic N) is 1. The molecule has 2 aromatic rings. The molecule has 2 rings (SSSR count). The lowest BCUT2D eigenvalue weighted by atomic mass is 10.2. The summed E-state index contributed by atoms with van der Waals surface area (Å²) in [6.07, 6.45) is 2.60. The van der Waals surface area contributed by atoms with Gasteiger partial charge in [-0.3, -0.25) is 4.99 Å². The molecule has 0 aliphatic carbocycles. The third kappa shape index (κ3) is 8.27. The second kappa shape index (κ2) is 13.2. The molecule has 0 radical (unpaired) electrons. The van der Waals surface area contributed by atoms with Crippen LogP contribution < -0.4 is 20.1 Å². The van der Waals surface area contributed by atoms with E-state index in [2.05, 4.69) is 28.3 Å². The average Bonchev–Trinajstić information content (AvgIpc) is 2.76. The third-order valence-electron chi connectivity index (χ3n) is 4.12. The van der Waals surface area contributed by atoms with Gasteiger partial charge in [-0.15, -0.1) is 0 Å². The first kappa shape index (κ1) is 22.3. The van der Waals surface area contributed by atoms with Gasteiger partial charge in [-0.05, 0) is 23.8 Å². The number of aliphatic imine (C=N–C) groups is 1. The van der Waals surface area contributed by atoms with E-state index in [9.17, 15) is 0 Å². The Hall–Kier alpha value is -2.99. The molecule has 2 N–H and O–H groups in total. The molecule has 2 aromatic carbocycles. The molecule has 6 heteroatoms. The van der Waals surface area contributed by atoms with Crippen LogP contribution >= 0.6 is 0 Å². The summed E-state index contributed by atoms with van der Waals surface area (Å²) in [6.45, 7) is 6.76. The van der Waals surface area contributed by atoms with Crippen molar-refractivity contribution in [3.05, 3.63) is 72.3 Å². The second-order valence-electron chi connectivity index (χ2n) is 6.33. The van der Waals surface area contributed by atoms with E-state index >= 15 is 0 Å². The number of ether oxygens (including phenoxy) is 3. The van der Waals surface area contributed by atoms with E-state index < -0.39 is 0 Å². The highest BCUT2D eigenvalue weighted by atomic mass is 16.5. The predicted molar refractivity (Wildman–Crippen MR) is 118 cm³/mol. The summed E-state index contributed by atoms with van der Waals surface area (Å²) in [5.74, 6) is 2.42. The van der Waals surface area contributed by atoms with Crippen molar-refractivity contribution < 1.29 is 14.2 Å². The summed E-state index contributed by atoms with van der Waals surface area (Å²) in [7, 11) is 3.45. The van der Waals surface area contributed by atoms with Crippen LogP contribution in [0.3, 0.4) is 0 Å². The Morgan fingerprint density at radius 2 is 1.86 bits per heavy atom. The summed E-state index contributed by atoms with van der Waals surface area (Å²) < 4.78 is 16.5. The summed E-state index contributed by atoms with van der Waals surface area (Å²) in [5.41, 5.74) is 2.18. The van der Waals surface area contributed by atoms with Gasteiger partial charge in [-0.2, -0.15) is 0 Å². The molecule has 0 unspecified atom stereocenters. The lowest BCUT2D eigenvalue weighted by Gasteiger charge is -2.15. The van der Waals surface area contributed by atoms with Gasteiger partial charge in [0.05, 0.1) is 6.61 Å². The summed E-state index contributed by atoms with van der Waals surface area (Å²) >= 11 is 0.